The van der Waals surface area contributed by atoms with Gasteiger partial charge in [-0.05, 0) is 43.5 Å². The highest BCUT2D eigenvalue weighted by molar-refractivity contribution is 5.93. The Hall–Kier alpha value is -3.10. The van der Waals surface area contributed by atoms with Crippen LogP contribution < -0.4 is 14.8 Å². The van der Waals surface area contributed by atoms with Crippen molar-refractivity contribution in [3.63, 3.8) is 0 Å². The first-order chi connectivity index (χ1) is 19.4. The number of ether oxygens (including phenoxy) is 3. The number of benzene rings is 2. The number of aryl methyl sites for hydroxylation is 2. The number of piperazine rings is 1. The lowest BCUT2D eigenvalue weighted by Crippen LogP contribution is -2.54. The fourth-order valence-electron chi connectivity index (χ4n) is 5.33. The zero-order chi connectivity index (χ0) is 28.3. The minimum Gasteiger partial charge on any atom is -0.486 e. The minimum atomic E-state index is -0.435. The maximum atomic E-state index is 12.8. The van der Waals surface area contributed by atoms with Gasteiger partial charge in [0.1, 0.15) is 6.61 Å². The molecular formula is C32H45N3O5. The highest BCUT2D eigenvalue weighted by atomic mass is 16.6. The first-order valence-corrected chi connectivity index (χ1v) is 14.8. The molecule has 1 amide bonds. The SMILES string of the molecule is CCCCCCCC(=O)OC(CN1CCN(CC(=O)Nc2c(C)cccc2C)CC1)C1COc2ccccc2O1. The van der Waals surface area contributed by atoms with Crippen LogP contribution in [0.4, 0.5) is 5.69 Å². The summed E-state index contributed by atoms with van der Waals surface area (Å²) in [7, 11) is 0. The third kappa shape index (κ3) is 8.70. The lowest BCUT2D eigenvalue weighted by molar-refractivity contribution is -0.158. The molecule has 0 radical (unpaired) electrons. The van der Waals surface area contributed by atoms with Gasteiger partial charge in [-0.25, -0.2) is 0 Å². The van der Waals surface area contributed by atoms with Crippen LogP contribution in [0.2, 0.25) is 0 Å². The van der Waals surface area contributed by atoms with Crippen LogP contribution in [0.3, 0.4) is 0 Å². The van der Waals surface area contributed by atoms with Crippen LogP contribution in [0.1, 0.15) is 56.6 Å². The van der Waals surface area contributed by atoms with Crippen LogP contribution in [0.15, 0.2) is 42.5 Å². The number of nitrogens with one attached hydrogen (secondary N) is 1. The average molecular weight is 552 g/mol. The van der Waals surface area contributed by atoms with E-state index in [-0.39, 0.29) is 18.0 Å². The Morgan fingerprint density at radius 3 is 2.33 bits per heavy atom. The summed E-state index contributed by atoms with van der Waals surface area (Å²) in [5.41, 5.74) is 3.03. The van der Waals surface area contributed by atoms with Crippen molar-refractivity contribution in [1.29, 1.82) is 0 Å². The largest absolute Gasteiger partial charge is 0.486 e. The normalized spacial score (nSPS) is 18.2. The van der Waals surface area contributed by atoms with Gasteiger partial charge in [0.05, 0.1) is 6.54 Å². The van der Waals surface area contributed by atoms with Crippen LogP contribution in [0, 0.1) is 13.8 Å². The quantitative estimate of drug-likeness (QED) is 0.278. The summed E-state index contributed by atoms with van der Waals surface area (Å²) >= 11 is 0. The molecule has 0 aliphatic carbocycles. The molecule has 2 aliphatic rings. The van der Waals surface area contributed by atoms with E-state index in [9.17, 15) is 9.59 Å². The molecule has 1 saturated heterocycles. The second-order valence-corrected chi connectivity index (χ2v) is 11.0. The third-order valence-electron chi connectivity index (χ3n) is 7.73. The third-order valence-corrected chi connectivity index (χ3v) is 7.73. The Bertz CT molecular complexity index is 1100. The highest BCUT2D eigenvalue weighted by Gasteiger charge is 2.34. The van der Waals surface area contributed by atoms with Gasteiger partial charge in [-0.1, -0.05) is 62.9 Å². The fourth-order valence-corrected chi connectivity index (χ4v) is 5.33. The van der Waals surface area contributed by atoms with E-state index in [2.05, 4.69) is 22.0 Å². The van der Waals surface area contributed by atoms with Gasteiger partial charge < -0.3 is 19.5 Å². The Balaban J connectivity index is 1.29. The van der Waals surface area contributed by atoms with Gasteiger partial charge in [0.15, 0.2) is 23.7 Å². The van der Waals surface area contributed by atoms with Crippen molar-refractivity contribution in [2.75, 3.05) is 51.2 Å². The Labute approximate surface area is 239 Å². The van der Waals surface area contributed by atoms with Gasteiger partial charge >= 0.3 is 5.97 Å². The van der Waals surface area contributed by atoms with Crippen LogP contribution in [0.5, 0.6) is 11.5 Å². The molecule has 2 aromatic rings. The molecule has 2 heterocycles. The van der Waals surface area contributed by atoms with Crippen LogP contribution in [-0.4, -0.2) is 79.8 Å². The van der Waals surface area contributed by atoms with Crippen molar-refractivity contribution in [2.24, 2.45) is 0 Å². The van der Waals surface area contributed by atoms with E-state index in [1.54, 1.807) is 0 Å². The molecule has 8 heteroatoms. The Morgan fingerprint density at radius 2 is 1.60 bits per heavy atom. The summed E-state index contributed by atoms with van der Waals surface area (Å²) in [6.45, 7) is 10.6. The van der Waals surface area contributed by atoms with Crippen molar-refractivity contribution in [2.45, 2.75) is 71.5 Å². The zero-order valence-electron chi connectivity index (χ0n) is 24.3. The molecule has 1 N–H and O–H groups in total. The second-order valence-electron chi connectivity index (χ2n) is 11.0. The van der Waals surface area contributed by atoms with Gasteiger partial charge in [0.25, 0.3) is 0 Å². The predicted octanol–water partition coefficient (Wildman–Crippen LogP) is 4.97. The molecule has 2 aromatic carbocycles. The number of carbonyl (C=O) groups excluding carboxylic acids is 2. The lowest BCUT2D eigenvalue weighted by Gasteiger charge is -2.38. The van der Waals surface area contributed by atoms with Crippen molar-refractivity contribution in [3.8, 4) is 11.5 Å². The van der Waals surface area contributed by atoms with E-state index in [0.717, 1.165) is 62.3 Å². The van der Waals surface area contributed by atoms with Gasteiger partial charge in [-0.2, -0.15) is 0 Å². The number of esters is 1. The number of carbonyl (C=O) groups is 2. The molecule has 40 heavy (non-hydrogen) atoms. The van der Waals surface area contributed by atoms with E-state index in [1.165, 1.54) is 12.8 Å². The van der Waals surface area contributed by atoms with Crippen molar-refractivity contribution in [1.82, 2.24) is 9.80 Å². The van der Waals surface area contributed by atoms with E-state index >= 15 is 0 Å². The summed E-state index contributed by atoms with van der Waals surface area (Å²) in [6, 6.07) is 13.6. The van der Waals surface area contributed by atoms with Crippen LogP contribution in [0.25, 0.3) is 0 Å². The number of rotatable bonds is 13. The fraction of sp³-hybridized carbons (Fsp3) is 0.562. The molecule has 0 spiro atoms. The standard InChI is InChI=1S/C32H45N3O5/c1-4-5-6-7-8-16-31(37)40-28(29-23-38-26-14-9-10-15-27(26)39-29)21-34-17-19-35(20-18-34)22-30(36)33-32-24(2)12-11-13-25(32)3/h9-15,28-29H,4-8,16-23H2,1-3H3,(H,33,36). The minimum absolute atomic E-state index is 0.00279. The summed E-state index contributed by atoms with van der Waals surface area (Å²) in [4.78, 5) is 30.0. The number of nitrogens with zero attached hydrogens (tertiary/aromatic N) is 2. The number of fused-ring (bicyclic) bond motifs is 1. The summed E-state index contributed by atoms with van der Waals surface area (Å²) < 4.78 is 18.2. The molecule has 218 valence electrons. The van der Waals surface area contributed by atoms with Crippen molar-refractivity contribution in [3.05, 3.63) is 53.6 Å². The molecule has 2 aliphatic heterocycles. The number of para-hydroxylation sites is 3. The number of anilines is 1. The number of hydrogen-bond acceptors (Lipinski definition) is 7. The highest BCUT2D eigenvalue weighted by Crippen LogP contribution is 2.32. The van der Waals surface area contributed by atoms with Gasteiger partial charge in [-0.3, -0.25) is 19.4 Å². The molecule has 4 rings (SSSR count). The Morgan fingerprint density at radius 1 is 0.925 bits per heavy atom. The predicted molar refractivity (Wildman–Crippen MR) is 157 cm³/mol. The molecule has 0 bridgehead atoms. The first-order valence-electron chi connectivity index (χ1n) is 14.8. The zero-order valence-corrected chi connectivity index (χ0v) is 24.3. The Kier molecular flexibility index (Phi) is 11.2. The van der Waals surface area contributed by atoms with E-state index in [4.69, 9.17) is 14.2 Å². The molecule has 0 saturated carbocycles. The lowest BCUT2D eigenvalue weighted by atomic mass is 10.1. The molecule has 1 fully saturated rings. The van der Waals surface area contributed by atoms with Gasteiger partial charge in [0.2, 0.25) is 5.91 Å². The summed E-state index contributed by atoms with van der Waals surface area (Å²) in [5.74, 6) is 1.22. The molecule has 8 nitrogen and oxygen atoms in total. The van der Waals surface area contributed by atoms with Crippen molar-refractivity contribution < 1.29 is 23.8 Å². The average Bonchev–Trinajstić information content (AvgIpc) is 2.95. The number of hydrogen-bond donors (Lipinski definition) is 1. The maximum absolute atomic E-state index is 12.8. The maximum Gasteiger partial charge on any atom is 0.306 e. The smallest absolute Gasteiger partial charge is 0.306 e. The second kappa shape index (κ2) is 15.1. The van der Waals surface area contributed by atoms with Crippen molar-refractivity contribution >= 4 is 17.6 Å². The van der Waals surface area contributed by atoms with Gasteiger partial charge in [-0.15, -0.1) is 0 Å². The monoisotopic (exact) mass is 551 g/mol. The molecule has 2 atom stereocenters. The topological polar surface area (TPSA) is 80.3 Å². The van der Waals surface area contributed by atoms with E-state index in [0.29, 0.717) is 37.6 Å². The van der Waals surface area contributed by atoms with E-state index < -0.39 is 6.10 Å². The summed E-state index contributed by atoms with van der Waals surface area (Å²) in [6.07, 6.45) is 5.03. The molecule has 0 aromatic heterocycles. The first kappa shape index (κ1) is 29.9. The number of amides is 1. The van der Waals surface area contributed by atoms with Crippen LogP contribution in [-0.2, 0) is 14.3 Å². The van der Waals surface area contributed by atoms with Gasteiger partial charge in [0, 0.05) is 44.8 Å². The van der Waals surface area contributed by atoms with E-state index in [1.807, 2.05) is 56.3 Å². The molecule has 2 unspecified atom stereocenters. The molecular weight excluding hydrogens is 506 g/mol. The summed E-state index contributed by atoms with van der Waals surface area (Å²) in [5, 5.41) is 3.09. The number of unbranched alkanes of at least 4 members (excludes halogenated alkanes) is 4. The van der Waals surface area contributed by atoms with Crippen LogP contribution >= 0.6 is 0 Å².